The Morgan fingerprint density at radius 1 is 1.41 bits per heavy atom. The van der Waals surface area contributed by atoms with Crippen LogP contribution in [0.2, 0.25) is 0 Å². The number of fused-ring (bicyclic) bond motifs is 1. The molecule has 1 aromatic heterocycles. The van der Waals surface area contributed by atoms with Crippen LogP contribution >= 0.6 is 0 Å². The molecule has 0 fully saturated rings. The number of carboxylic acids is 1. The van der Waals surface area contributed by atoms with Crippen molar-refractivity contribution in [1.82, 2.24) is 9.78 Å². The molecule has 2 heterocycles. The number of aliphatic carboxylic acids is 1. The number of aromatic nitrogens is 2. The molecular weight excluding hydrogens is 344 g/mol. The summed E-state index contributed by atoms with van der Waals surface area (Å²) in [5.74, 6) is 0.435. The smallest absolute Gasteiger partial charge is 0.328 e. The first kappa shape index (κ1) is 18.7. The van der Waals surface area contributed by atoms with Gasteiger partial charge in [0, 0.05) is 13.1 Å². The van der Waals surface area contributed by atoms with Crippen LogP contribution in [0.5, 0.6) is 5.75 Å². The lowest BCUT2D eigenvalue weighted by Gasteiger charge is -2.19. The maximum atomic E-state index is 10.8. The quantitative estimate of drug-likeness (QED) is 0.733. The highest BCUT2D eigenvalue weighted by Gasteiger charge is 2.23. The van der Waals surface area contributed by atoms with E-state index in [9.17, 15) is 4.79 Å². The van der Waals surface area contributed by atoms with E-state index >= 15 is 0 Å². The molecule has 2 aromatic rings. The number of anilines is 1. The fourth-order valence-corrected chi connectivity index (χ4v) is 3.11. The summed E-state index contributed by atoms with van der Waals surface area (Å²) in [7, 11) is 1.93. The Kier molecular flexibility index (Phi) is 5.59. The van der Waals surface area contributed by atoms with E-state index in [0.29, 0.717) is 24.7 Å². The number of carboxylic acid groups (broad SMARTS) is 1. The van der Waals surface area contributed by atoms with E-state index in [0.717, 1.165) is 47.1 Å². The lowest BCUT2D eigenvalue weighted by molar-refractivity contribution is -0.131. The molecule has 0 saturated carbocycles. The van der Waals surface area contributed by atoms with Crippen molar-refractivity contribution in [3.8, 4) is 5.75 Å². The predicted molar refractivity (Wildman–Crippen MR) is 105 cm³/mol. The third-order valence-corrected chi connectivity index (χ3v) is 4.33. The summed E-state index contributed by atoms with van der Waals surface area (Å²) in [4.78, 5) is 15.5. The molecular formula is C20H24N4O3. The maximum Gasteiger partial charge on any atom is 0.328 e. The second-order valence-corrected chi connectivity index (χ2v) is 6.29. The predicted octanol–water partition coefficient (Wildman–Crippen LogP) is 3.24. The zero-order valence-electron chi connectivity index (χ0n) is 15.8. The maximum absolute atomic E-state index is 10.8. The van der Waals surface area contributed by atoms with Crippen molar-refractivity contribution in [2.75, 3.05) is 11.9 Å². The Morgan fingerprint density at radius 2 is 2.22 bits per heavy atom. The summed E-state index contributed by atoms with van der Waals surface area (Å²) in [6.07, 6.45) is 4.58. The SMILES string of the molecule is CCCc1nn(C)c2c1NC(c1cc(C=CC(=O)O)ccc1OCC)=NC2. The highest BCUT2D eigenvalue weighted by atomic mass is 16.5. The third-order valence-electron chi connectivity index (χ3n) is 4.33. The molecule has 0 atom stereocenters. The van der Waals surface area contributed by atoms with Gasteiger partial charge in [-0.3, -0.25) is 9.67 Å². The molecule has 0 radical (unpaired) electrons. The van der Waals surface area contributed by atoms with Crippen LogP contribution in [0.25, 0.3) is 6.08 Å². The monoisotopic (exact) mass is 368 g/mol. The van der Waals surface area contributed by atoms with Gasteiger partial charge in [-0.2, -0.15) is 5.10 Å². The summed E-state index contributed by atoms with van der Waals surface area (Å²) < 4.78 is 7.64. The van der Waals surface area contributed by atoms with E-state index < -0.39 is 5.97 Å². The molecule has 7 nitrogen and oxygen atoms in total. The van der Waals surface area contributed by atoms with Crippen molar-refractivity contribution < 1.29 is 14.6 Å². The van der Waals surface area contributed by atoms with E-state index in [1.54, 1.807) is 6.08 Å². The standard InChI is InChI=1S/C20H24N4O3/c1-4-6-15-19-16(24(3)23-15)12-21-20(22-19)14-11-13(8-10-18(25)26)7-9-17(14)27-5-2/h7-11H,4-6,12H2,1-3H3,(H,21,22)(H,25,26). The van der Waals surface area contributed by atoms with Crippen LogP contribution in [0, 0.1) is 0 Å². The minimum absolute atomic E-state index is 0.532. The van der Waals surface area contributed by atoms with Gasteiger partial charge < -0.3 is 15.2 Å². The lowest BCUT2D eigenvalue weighted by Crippen LogP contribution is -2.21. The van der Waals surface area contributed by atoms with Gasteiger partial charge in [0.05, 0.1) is 35.8 Å². The number of ether oxygens (including phenoxy) is 1. The normalized spacial score (nSPS) is 13.2. The van der Waals surface area contributed by atoms with Gasteiger partial charge >= 0.3 is 5.97 Å². The molecule has 142 valence electrons. The van der Waals surface area contributed by atoms with Gasteiger partial charge in [-0.25, -0.2) is 4.79 Å². The van der Waals surface area contributed by atoms with Gasteiger partial charge in [0.15, 0.2) is 0 Å². The summed E-state index contributed by atoms with van der Waals surface area (Å²) in [6, 6.07) is 5.56. The molecule has 1 aliphatic rings. The molecule has 0 unspecified atom stereocenters. The van der Waals surface area contributed by atoms with Gasteiger partial charge in [-0.15, -0.1) is 0 Å². The number of aryl methyl sites for hydroxylation is 2. The second kappa shape index (κ2) is 8.07. The van der Waals surface area contributed by atoms with Crippen LogP contribution in [-0.2, 0) is 24.8 Å². The van der Waals surface area contributed by atoms with E-state index in [1.807, 2.05) is 36.9 Å². The minimum Gasteiger partial charge on any atom is -0.493 e. The highest BCUT2D eigenvalue weighted by molar-refractivity contribution is 6.11. The number of nitrogens with zero attached hydrogens (tertiary/aromatic N) is 3. The van der Waals surface area contributed by atoms with Crippen molar-refractivity contribution in [2.24, 2.45) is 12.0 Å². The highest BCUT2D eigenvalue weighted by Crippen LogP contribution is 2.30. The Hall–Kier alpha value is -3.09. The molecule has 0 bridgehead atoms. The molecule has 1 aliphatic heterocycles. The van der Waals surface area contributed by atoms with Gasteiger partial charge in [0.2, 0.25) is 0 Å². The van der Waals surface area contributed by atoms with Crippen molar-refractivity contribution in [3.05, 3.63) is 46.8 Å². The summed E-state index contributed by atoms with van der Waals surface area (Å²) in [5, 5.41) is 16.9. The average molecular weight is 368 g/mol. The first-order valence-electron chi connectivity index (χ1n) is 9.07. The van der Waals surface area contributed by atoms with Crippen molar-refractivity contribution in [3.63, 3.8) is 0 Å². The van der Waals surface area contributed by atoms with E-state index in [-0.39, 0.29) is 0 Å². The molecule has 3 rings (SSSR count). The fraction of sp³-hybridized carbons (Fsp3) is 0.350. The molecule has 1 aromatic carbocycles. The van der Waals surface area contributed by atoms with Gasteiger partial charge in [-0.1, -0.05) is 19.4 Å². The third kappa shape index (κ3) is 4.02. The van der Waals surface area contributed by atoms with Gasteiger partial charge in [0.1, 0.15) is 11.6 Å². The second-order valence-electron chi connectivity index (χ2n) is 6.29. The van der Waals surface area contributed by atoms with Crippen LogP contribution in [0.15, 0.2) is 29.3 Å². The fourth-order valence-electron chi connectivity index (χ4n) is 3.11. The first-order chi connectivity index (χ1) is 13.0. The molecule has 27 heavy (non-hydrogen) atoms. The lowest BCUT2D eigenvalue weighted by atomic mass is 10.1. The minimum atomic E-state index is -0.984. The Bertz CT molecular complexity index is 912. The number of carbonyl (C=O) groups is 1. The van der Waals surface area contributed by atoms with E-state index in [4.69, 9.17) is 9.84 Å². The van der Waals surface area contributed by atoms with Crippen LogP contribution in [0.3, 0.4) is 0 Å². The van der Waals surface area contributed by atoms with E-state index in [1.165, 1.54) is 0 Å². The Morgan fingerprint density at radius 3 is 2.93 bits per heavy atom. The van der Waals surface area contributed by atoms with Crippen LogP contribution in [0.4, 0.5) is 5.69 Å². The molecule has 0 spiro atoms. The van der Waals surface area contributed by atoms with Crippen LogP contribution in [0.1, 0.15) is 42.8 Å². The summed E-state index contributed by atoms with van der Waals surface area (Å²) in [6.45, 7) is 5.12. The molecule has 0 amide bonds. The van der Waals surface area contributed by atoms with Crippen molar-refractivity contribution in [1.29, 1.82) is 0 Å². The number of rotatable bonds is 7. The van der Waals surface area contributed by atoms with Gasteiger partial charge in [-0.05, 0) is 37.1 Å². The number of amidine groups is 1. The number of benzene rings is 1. The average Bonchev–Trinajstić information content (AvgIpc) is 2.96. The molecule has 7 heteroatoms. The largest absolute Gasteiger partial charge is 0.493 e. The van der Waals surface area contributed by atoms with Crippen molar-refractivity contribution >= 4 is 23.6 Å². The number of hydrogen-bond acceptors (Lipinski definition) is 5. The van der Waals surface area contributed by atoms with Crippen LogP contribution in [-0.4, -0.2) is 33.3 Å². The Balaban J connectivity index is 1.99. The summed E-state index contributed by atoms with van der Waals surface area (Å²) in [5.41, 5.74) is 4.68. The number of aliphatic imine (C=N–C) groups is 1. The topological polar surface area (TPSA) is 88.7 Å². The number of nitrogens with one attached hydrogen (secondary N) is 1. The summed E-state index contributed by atoms with van der Waals surface area (Å²) >= 11 is 0. The zero-order chi connectivity index (χ0) is 19.4. The molecule has 0 saturated heterocycles. The molecule has 2 N–H and O–H groups in total. The van der Waals surface area contributed by atoms with Gasteiger partial charge in [0.25, 0.3) is 0 Å². The number of hydrogen-bond donors (Lipinski definition) is 2. The zero-order valence-corrected chi connectivity index (χ0v) is 15.8. The van der Waals surface area contributed by atoms with E-state index in [2.05, 4.69) is 22.3 Å². The Labute approximate surface area is 158 Å². The van der Waals surface area contributed by atoms with Crippen molar-refractivity contribution in [2.45, 2.75) is 33.2 Å². The molecule has 0 aliphatic carbocycles. The van der Waals surface area contributed by atoms with Crippen LogP contribution < -0.4 is 10.1 Å². The first-order valence-corrected chi connectivity index (χ1v) is 9.07.